The minimum absolute atomic E-state index is 0.0533. The molecule has 1 rings (SSSR count). The molecule has 0 aromatic rings. The maximum atomic E-state index is 11.1. The normalized spacial score (nSPS) is 17.5. The van der Waals surface area contributed by atoms with Crippen molar-refractivity contribution in [2.45, 2.75) is 58.8 Å². The van der Waals surface area contributed by atoms with Crippen LogP contribution in [0.1, 0.15) is 58.8 Å². The van der Waals surface area contributed by atoms with Crippen LogP contribution in [0, 0.1) is 5.41 Å². The van der Waals surface area contributed by atoms with Gasteiger partial charge in [0, 0.05) is 13.0 Å². The summed E-state index contributed by atoms with van der Waals surface area (Å²) in [5.74, 6) is -0.0533. The average molecular weight is 241 g/mol. The van der Waals surface area contributed by atoms with Gasteiger partial charge in [0.05, 0.1) is 6.61 Å². The summed E-state index contributed by atoms with van der Waals surface area (Å²) in [7, 11) is 0. The summed E-state index contributed by atoms with van der Waals surface area (Å²) in [6.45, 7) is 6.95. The third-order valence-electron chi connectivity index (χ3n) is 3.65. The maximum Gasteiger partial charge on any atom is 0.305 e. The Hall–Kier alpha value is -0.570. The molecule has 0 unspecified atom stereocenters. The van der Waals surface area contributed by atoms with Crippen molar-refractivity contribution >= 4 is 5.97 Å². The minimum Gasteiger partial charge on any atom is -0.466 e. The van der Waals surface area contributed by atoms with Crippen molar-refractivity contribution in [1.29, 1.82) is 0 Å². The number of hydrogen-bond acceptors (Lipinski definition) is 3. The van der Waals surface area contributed by atoms with Crippen LogP contribution in [0.25, 0.3) is 0 Å². The first-order valence-electron chi connectivity index (χ1n) is 7.03. The fraction of sp³-hybridized carbons (Fsp3) is 0.929. The zero-order valence-electron chi connectivity index (χ0n) is 11.4. The van der Waals surface area contributed by atoms with Crippen LogP contribution >= 0.6 is 0 Å². The Morgan fingerprint density at radius 2 is 2.06 bits per heavy atom. The van der Waals surface area contributed by atoms with Gasteiger partial charge >= 0.3 is 5.97 Å². The first-order chi connectivity index (χ1) is 8.16. The monoisotopic (exact) mass is 241 g/mol. The summed E-state index contributed by atoms with van der Waals surface area (Å²) < 4.78 is 4.88. The standard InChI is InChI=1S/C14H27NO2/c1-3-17-13(16)8-5-4-6-11-15-12-14(2)9-7-10-14/h15H,3-12H2,1-2H3. The van der Waals surface area contributed by atoms with Crippen molar-refractivity contribution in [2.24, 2.45) is 5.41 Å². The summed E-state index contributed by atoms with van der Waals surface area (Å²) in [6, 6.07) is 0. The highest BCUT2D eigenvalue weighted by Gasteiger charge is 2.30. The largest absolute Gasteiger partial charge is 0.466 e. The van der Waals surface area contributed by atoms with Gasteiger partial charge in [0.15, 0.2) is 0 Å². The molecule has 1 aliphatic carbocycles. The summed E-state index contributed by atoms with van der Waals surface area (Å²) in [5.41, 5.74) is 0.574. The molecule has 0 spiro atoms. The van der Waals surface area contributed by atoms with Crippen molar-refractivity contribution in [1.82, 2.24) is 5.32 Å². The number of esters is 1. The van der Waals surface area contributed by atoms with Crippen molar-refractivity contribution in [2.75, 3.05) is 19.7 Å². The lowest BCUT2D eigenvalue weighted by Crippen LogP contribution is -2.37. The third-order valence-corrected chi connectivity index (χ3v) is 3.65. The van der Waals surface area contributed by atoms with Gasteiger partial charge < -0.3 is 10.1 Å². The zero-order valence-corrected chi connectivity index (χ0v) is 11.4. The molecule has 1 saturated carbocycles. The van der Waals surface area contributed by atoms with E-state index in [0.29, 0.717) is 18.4 Å². The van der Waals surface area contributed by atoms with Gasteiger partial charge in [0.1, 0.15) is 0 Å². The minimum atomic E-state index is -0.0533. The van der Waals surface area contributed by atoms with Crippen molar-refractivity contribution in [3.63, 3.8) is 0 Å². The van der Waals surface area contributed by atoms with Crippen molar-refractivity contribution in [3.05, 3.63) is 0 Å². The Bertz CT molecular complexity index is 224. The fourth-order valence-electron chi connectivity index (χ4n) is 2.28. The summed E-state index contributed by atoms with van der Waals surface area (Å²) in [4.78, 5) is 11.1. The molecular weight excluding hydrogens is 214 g/mol. The van der Waals surface area contributed by atoms with E-state index in [1.165, 1.54) is 19.3 Å². The lowest BCUT2D eigenvalue weighted by atomic mass is 9.70. The molecule has 3 nitrogen and oxygen atoms in total. The Morgan fingerprint density at radius 3 is 2.65 bits per heavy atom. The van der Waals surface area contributed by atoms with Crippen molar-refractivity contribution < 1.29 is 9.53 Å². The predicted molar refractivity (Wildman–Crippen MR) is 69.9 cm³/mol. The molecule has 0 radical (unpaired) electrons. The van der Waals surface area contributed by atoms with Gasteiger partial charge in [-0.05, 0) is 44.6 Å². The second-order valence-corrected chi connectivity index (χ2v) is 5.46. The lowest BCUT2D eigenvalue weighted by molar-refractivity contribution is -0.143. The van der Waals surface area contributed by atoms with Gasteiger partial charge in [0.2, 0.25) is 0 Å². The molecule has 3 heteroatoms. The second-order valence-electron chi connectivity index (χ2n) is 5.46. The quantitative estimate of drug-likeness (QED) is 0.498. The molecule has 0 aromatic carbocycles. The van der Waals surface area contributed by atoms with Gasteiger partial charge in [-0.15, -0.1) is 0 Å². The molecular formula is C14H27NO2. The highest BCUT2D eigenvalue weighted by molar-refractivity contribution is 5.69. The van der Waals surface area contributed by atoms with Gasteiger partial charge in [-0.3, -0.25) is 4.79 Å². The van der Waals surface area contributed by atoms with E-state index in [1.54, 1.807) is 0 Å². The molecule has 17 heavy (non-hydrogen) atoms. The van der Waals surface area contributed by atoms with Crippen LogP contribution in [-0.4, -0.2) is 25.7 Å². The van der Waals surface area contributed by atoms with Gasteiger partial charge in [-0.2, -0.15) is 0 Å². The first kappa shape index (κ1) is 14.5. The van der Waals surface area contributed by atoms with E-state index in [0.717, 1.165) is 32.4 Å². The van der Waals surface area contributed by atoms with Crippen LogP contribution in [0.4, 0.5) is 0 Å². The molecule has 0 aromatic heterocycles. The van der Waals surface area contributed by atoms with Gasteiger partial charge in [-0.25, -0.2) is 0 Å². The van der Waals surface area contributed by atoms with Crippen LogP contribution in [0.5, 0.6) is 0 Å². The number of hydrogen-bond donors (Lipinski definition) is 1. The molecule has 1 aliphatic rings. The number of ether oxygens (including phenoxy) is 1. The molecule has 0 heterocycles. The molecule has 0 aliphatic heterocycles. The van der Waals surface area contributed by atoms with Crippen LogP contribution in [0.2, 0.25) is 0 Å². The molecule has 0 amide bonds. The summed E-state index contributed by atoms with van der Waals surface area (Å²) in [6.07, 6.45) is 7.96. The van der Waals surface area contributed by atoms with E-state index in [4.69, 9.17) is 4.74 Å². The molecule has 0 atom stereocenters. The van der Waals surface area contributed by atoms with Crippen LogP contribution in [-0.2, 0) is 9.53 Å². The van der Waals surface area contributed by atoms with Gasteiger partial charge in [0.25, 0.3) is 0 Å². The van der Waals surface area contributed by atoms with E-state index < -0.39 is 0 Å². The Kier molecular flexibility index (Phi) is 6.56. The number of rotatable bonds is 9. The number of unbranched alkanes of at least 4 members (excludes halogenated alkanes) is 2. The summed E-state index contributed by atoms with van der Waals surface area (Å²) in [5, 5.41) is 3.52. The van der Waals surface area contributed by atoms with Crippen LogP contribution in [0.15, 0.2) is 0 Å². The molecule has 100 valence electrons. The van der Waals surface area contributed by atoms with E-state index >= 15 is 0 Å². The van der Waals surface area contributed by atoms with E-state index in [1.807, 2.05) is 6.92 Å². The maximum absolute atomic E-state index is 11.1. The zero-order chi connectivity index (χ0) is 12.6. The van der Waals surface area contributed by atoms with E-state index in [-0.39, 0.29) is 5.97 Å². The molecule has 1 fully saturated rings. The van der Waals surface area contributed by atoms with Crippen LogP contribution in [0.3, 0.4) is 0 Å². The average Bonchev–Trinajstić information content (AvgIpc) is 2.26. The Labute approximate surface area is 105 Å². The predicted octanol–water partition coefficient (Wildman–Crippen LogP) is 2.89. The Morgan fingerprint density at radius 1 is 1.29 bits per heavy atom. The van der Waals surface area contributed by atoms with Gasteiger partial charge in [-0.1, -0.05) is 19.8 Å². The summed E-state index contributed by atoms with van der Waals surface area (Å²) >= 11 is 0. The highest BCUT2D eigenvalue weighted by atomic mass is 16.5. The second kappa shape index (κ2) is 7.70. The van der Waals surface area contributed by atoms with E-state index in [2.05, 4.69) is 12.2 Å². The molecule has 1 N–H and O–H groups in total. The van der Waals surface area contributed by atoms with Crippen molar-refractivity contribution in [3.8, 4) is 0 Å². The Balaban J connectivity index is 1.83. The van der Waals surface area contributed by atoms with E-state index in [9.17, 15) is 4.79 Å². The number of nitrogens with one attached hydrogen (secondary N) is 1. The fourth-order valence-corrected chi connectivity index (χ4v) is 2.28. The SMILES string of the molecule is CCOC(=O)CCCCCNCC1(C)CCC1. The topological polar surface area (TPSA) is 38.3 Å². The number of carbonyl (C=O) groups is 1. The lowest BCUT2D eigenvalue weighted by Gasteiger charge is -2.38. The number of carbonyl (C=O) groups excluding carboxylic acids is 1. The smallest absolute Gasteiger partial charge is 0.305 e. The molecule has 0 bridgehead atoms. The molecule has 0 saturated heterocycles. The highest BCUT2D eigenvalue weighted by Crippen LogP contribution is 2.39. The third kappa shape index (κ3) is 6.06. The first-order valence-corrected chi connectivity index (χ1v) is 7.03. The van der Waals surface area contributed by atoms with Crippen LogP contribution < -0.4 is 5.32 Å².